The molecule has 102 valence electrons. The van der Waals surface area contributed by atoms with Crippen LogP contribution in [0.1, 0.15) is 19.4 Å². The van der Waals surface area contributed by atoms with Gasteiger partial charge in [0, 0.05) is 11.6 Å². The second-order valence-electron chi connectivity index (χ2n) is 4.47. The minimum atomic E-state index is -0.250. The lowest BCUT2D eigenvalue weighted by atomic mass is 10.1. The molecule has 6 nitrogen and oxygen atoms in total. The monoisotopic (exact) mass is 269 g/mol. The molecule has 2 N–H and O–H groups in total. The van der Waals surface area contributed by atoms with Crippen LogP contribution in [0, 0.1) is 35.5 Å². The van der Waals surface area contributed by atoms with Crippen LogP contribution in [0.3, 0.4) is 0 Å². The Balaban J connectivity index is 2.84. The van der Waals surface area contributed by atoms with Gasteiger partial charge in [-0.05, 0) is 30.7 Å². The quantitative estimate of drug-likeness (QED) is 0.647. The first kappa shape index (κ1) is 15.2. The normalized spacial score (nSPS) is 9.30. The lowest BCUT2D eigenvalue weighted by Gasteiger charge is -2.11. The Hall–Kier alpha value is -2.86. The highest BCUT2D eigenvalue weighted by atomic mass is 16.1. The number of carbonyl (C=O) groups is 1. The molecule has 1 rings (SSSR count). The highest BCUT2D eigenvalue weighted by Gasteiger charge is 2.08. The molecule has 0 saturated carbocycles. The molecule has 0 aliphatic rings. The Bertz CT molecular complexity index is 603. The molecule has 0 aliphatic heterocycles. The van der Waals surface area contributed by atoms with E-state index in [1.54, 1.807) is 30.3 Å². The fraction of sp³-hybridized carbons (Fsp3) is 0.286. The van der Waals surface area contributed by atoms with Gasteiger partial charge in [0.05, 0.1) is 5.69 Å². The smallest absolute Gasteiger partial charge is 0.237 e. The fourth-order valence-electron chi connectivity index (χ4n) is 1.35. The summed E-state index contributed by atoms with van der Waals surface area (Å²) in [6, 6.07) is 8.53. The molecule has 0 fully saturated rings. The van der Waals surface area contributed by atoms with E-state index in [2.05, 4.69) is 15.8 Å². The van der Waals surface area contributed by atoms with E-state index in [1.165, 1.54) is 0 Å². The molecular formula is C14H15N5O. The SMILES string of the molecule is Cc1cc(NN=C(C#N)C#N)ccc1NC(=O)C(C)C. The number of hydrogen-bond acceptors (Lipinski definition) is 5. The van der Waals surface area contributed by atoms with Crippen LogP contribution in [0.4, 0.5) is 11.4 Å². The van der Waals surface area contributed by atoms with E-state index in [1.807, 2.05) is 20.8 Å². The van der Waals surface area contributed by atoms with Crippen molar-refractivity contribution in [2.75, 3.05) is 10.7 Å². The minimum Gasteiger partial charge on any atom is -0.326 e. The summed E-state index contributed by atoms with van der Waals surface area (Å²) in [5.41, 5.74) is 4.58. The minimum absolute atomic E-state index is 0.0527. The number of benzene rings is 1. The number of hydrogen-bond donors (Lipinski definition) is 2. The molecule has 0 unspecified atom stereocenters. The van der Waals surface area contributed by atoms with Crippen molar-refractivity contribution in [2.24, 2.45) is 11.0 Å². The summed E-state index contributed by atoms with van der Waals surface area (Å²) in [4.78, 5) is 11.6. The number of aryl methyl sites for hydroxylation is 1. The Morgan fingerprint density at radius 2 is 1.95 bits per heavy atom. The summed E-state index contributed by atoms with van der Waals surface area (Å²) < 4.78 is 0. The van der Waals surface area contributed by atoms with E-state index in [-0.39, 0.29) is 17.5 Å². The van der Waals surface area contributed by atoms with Crippen molar-refractivity contribution in [3.8, 4) is 12.1 Å². The van der Waals surface area contributed by atoms with Gasteiger partial charge < -0.3 is 5.32 Å². The molecule has 1 amide bonds. The maximum atomic E-state index is 11.6. The summed E-state index contributed by atoms with van der Waals surface area (Å²) in [5.74, 6) is -0.145. The molecule has 0 saturated heterocycles. The number of hydrazone groups is 1. The third-order valence-corrected chi connectivity index (χ3v) is 2.52. The first-order chi connectivity index (χ1) is 9.47. The maximum Gasteiger partial charge on any atom is 0.237 e. The summed E-state index contributed by atoms with van der Waals surface area (Å²) in [6.07, 6.45) is 0. The van der Waals surface area contributed by atoms with E-state index in [0.717, 1.165) is 11.3 Å². The molecule has 0 aromatic heterocycles. The number of anilines is 2. The molecule has 6 heteroatoms. The summed E-state index contributed by atoms with van der Waals surface area (Å²) in [6.45, 7) is 5.49. The van der Waals surface area contributed by atoms with Gasteiger partial charge in [0.1, 0.15) is 12.1 Å². The van der Waals surface area contributed by atoms with Crippen LogP contribution in [0.2, 0.25) is 0 Å². The summed E-state index contributed by atoms with van der Waals surface area (Å²) in [5, 5.41) is 23.6. The van der Waals surface area contributed by atoms with Crippen molar-refractivity contribution < 1.29 is 4.79 Å². The topological polar surface area (TPSA) is 101 Å². The average molecular weight is 269 g/mol. The van der Waals surface area contributed by atoms with Crippen LogP contribution in [-0.2, 0) is 4.79 Å². The van der Waals surface area contributed by atoms with E-state index in [9.17, 15) is 4.79 Å². The first-order valence-electron chi connectivity index (χ1n) is 6.03. The van der Waals surface area contributed by atoms with Gasteiger partial charge in [-0.3, -0.25) is 10.2 Å². The second-order valence-corrected chi connectivity index (χ2v) is 4.47. The summed E-state index contributed by atoms with van der Waals surface area (Å²) in [7, 11) is 0. The van der Waals surface area contributed by atoms with Crippen molar-refractivity contribution in [3.05, 3.63) is 23.8 Å². The molecular weight excluding hydrogens is 254 g/mol. The molecule has 0 bridgehead atoms. The predicted molar refractivity (Wildman–Crippen MR) is 76.9 cm³/mol. The molecule has 0 aliphatic carbocycles. The van der Waals surface area contributed by atoms with Gasteiger partial charge in [-0.25, -0.2) is 0 Å². The van der Waals surface area contributed by atoms with E-state index in [0.29, 0.717) is 5.69 Å². The number of rotatable bonds is 4. The first-order valence-corrected chi connectivity index (χ1v) is 6.03. The van der Waals surface area contributed by atoms with Gasteiger partial charge >= 0.3 is 0 Å². The third kappa shape index (κ3) is 4.11. The number of nitrogens with zero attached hydrogens (tertiary/aromatic N) is 3. The van der Waals surface area contributed by atoms with Crippen molar-refractivity contribution in [1.82, 2.24) is 0 Å². The number of nitrogens with one attached hydrogen (secondary N) is 2. The van der Waals surface area contributed by atoms with Gasteiger partial charge in [0.2, 0.25) is 11.6 Å². The number of carbonyl (C=O) groups excluding carboxylic acids is 1. The zero-order valence-electron chi connectivity index (χ0n) is 11.6. The number of amides is 1. The van der Waals surface area contributed by atoms with Crippen LogP contribution < -0.4 is 10.7 Å². The predicted octanol–water partition coefficient (Wildman–Crippen LogP) is 2.40. The summed E-state index contributed by atoms with van der Waals surface area (Å²) >= 11 is 0. The molecule has 0 heterocycles. The Morgan fingerprint density at radius 3 is 2.45 bits per heavy atom. The van der Waals surface area contributed by atoms with Gasteiger partial charge in [-0.15, -0.1) is 0 Å². The molecule has 20 heavy (non-hydrogen) atoms. The van der Waals surface area contributed by atoms with Gasteiger partial charge in [-0.1, -0.05) is 13.8 Å². The molecule has 1 aromatic carbocycles. The average Bonchev–Trinajstić information content (AvgIpc) is 2.42. The van der Waals surface area contributed by atoms with Crippen LogP contribution >= 0.6 is 0 Å². The van der Waals surface area contributed by atoms with Gasteiger partial charge in [0.15, 0.2) is 0 Å². The van der Waals surface area contributed by atoms with Gasteiger partial charge in [-0.2, -0.15) is 15.6 Å². The largest absolute Gasteiger partial charge is 0.326 e. The van der Waals surface area contributed by atoms with E-state index < -0.39 is 0 Å². The standard InChI is InChI=1S/C14H15N5O/c1-9(2)14(20)17-13-5-4-11(6-10(13)3)18-19-12(7-15)8-16/h4-6,9,18H,1-3H3,(H,17,20). The Kier molecular flexibility index (Phi) is 5.25. The van der Waals surface area contributed by atoms with Crippen LogP contribution in [0.25, 0.3) is 0 Å². The van der Waals surface area contributed by atoms with Crippen molar-refractivity contribution >= 4 is 23.0 Å². The molecule has 0 atom stereocenters. The zero-order valence-corrected chi connectivity index (χ0v) is 11.6. The molecule has 0 radical (unpaired) electrons. The number of nitriles is 2. The Labute approximate surface area is 117 Å². The fourth-order valence-corrected chi connectivity index (χ4v) is 1.35. The Morgan fingerprint density at radius 1 is 1.30 bits per heavy atom. The van der Waals surface area contributed by atoms with Gasteiger partial charge in [0.25, 0.3) is 0 Å². The van der Waals surface area contributed by atoms with E-state index >= 15 is 0 Å². The van der Waals surface area contributed by atoms with Crippen molar-refractivity contribution in [3.63, 3.8) is 0 Å². The lowest BCUT2D eigenvalue weighted by molar-refractivity contribution is -0.118. The zero-order chi connectivity index (χ0) is 15.1. The van der Waals surface area contributed by atoms with Crippen LogP contribution in [0.15, 0.2) is 23.3 Å². The molecule has 0 spiro atoms. The highest BCUT2D eigenvalue weighted by Crippen LogP contribution is 2.20. The van der Waals surface area contributed by atoms with Crippen LogP contribution in [-0.4, -0.2) is 11.6 Å². The molecule has 1 aromatic rings. The van der Waals surface area contributed by atoms with Crippen molar-refractivity contribution in [2.45, 2.75) is 20.8 Å². The lowest BCUT2D eigenvalue weighted by Crippen LogP contribution is -2.18. The maximum absolute atomic E-state index is 11.6. The van der Waals surface area contributed by atoms with E-state index in [4.69, 9.17) is 10.5 Å². The second kappa shape index (κ2) is 6.91. The third-order valence-electron chi connectivity index (χ3n) is 2.52. The van der Waals surface area contributed by atoms with Crippen molar-refractivity contribution in [1.29, 1.82) is 10.5 Å². The van der Waals surface area contributed by atoms with Crippen LogP contribution in [0.5, 0.6) is 0 Å². The highest BCUT2D eigenvalue weighted by molar-refractivity contribution is 6.10.